The molecule has 0 radical (unpaired) electrons. The average Bonchev–Trinajstić information content (AvgIpc) is 3.29. The van der Waals surface area contributed by atoms with Gasteiger partial charge in [0.25, 0.3) is 0 Å². The lowest BCUT2D eigenvalue weighted by molar-refractivity contribution is -0.117. The summed E-state index contributed by atoms with van der Waals surface area (Å²) >= 11 is 1.32. The van der Waals surface area contributed by atoms with Gasteiger partial charge in [-0.2, -0.15) is 0 Å². The van der Waals surface area contributed by atoms with Crippen molar-refractivity contribution in [3.8, 4) is 5.75 Å². The molecule has 0 aliphatic carbocycles. The molecular formula is C18H23N5O3S. The zero-order valence-corrected chi connectivity index (χ0v) is 16.5. The van der Waals surface area contributed by atoms with Crippen LogP contribution < -0.4 is 15.0 Å². The quantitative estimate of drug-likeness (QED) is 0.821. The smallest absolute Gasteiger partial charge is 0.323 e. The van der Waals surface area contributed by atoms with Gasteiger partial charge in [0.2, 0.25) is 11.0 Å². The summed E-state index contributed by atoms with van der Waals surface area (Å²) in [6.07, 6.45) is 0.380. The van der Waals surface area contributed by atoms with Crippen molar-refractivity contribution in [2.24, 2.45) is 0 Å². The Balaban J connectivity index is 1.66. The standard InChI is InChI=1S/C18H23N5O3S/c1-4-22(5-2)18(25)19-17-21-20-16(27-17)12-10-15(24)23(11-12)13-6-8-14(26-3)9-7-13/h6-9,12H,4-5,10-11H2,1-3H3,(H,19,21,25). The third-order valence-corrected chi connectivity index (χ3v) is 5.56. The minimum absolute atomic E-state index is 0.0313. The van der Waals surface area contributed by atoms with Gasteiger partial charge in [-0.25, -0.2) is 4.79 Å². The van der Waals surface area contributed by atoms with Gasteiger partial charge in [0, 0.05) is 37.7 Å². The topological polar surface area (TPSA) is 87.7 Å². The van der Waals surface area contributed by atoms with Gasteiger partial charge in [-0.1, -0.05) is 11.3 Å². The number of carbonyl (C=O) groups excluding carboxylic acids is 2. The molecule has 1 aromatic heterocycles. The number of ether oxygens (including phenoxy) is 1. The van der Waals surface area contributed by atoms with Crippen molar-refractivity contribution in [1.82, 2.24) is 15.1 Å². The van der Waals surface area contributed by atoms with Crippen molar-refractivity contribution in [1.29, 1.82) is 0 Å². The summed E-state index contributed by atoms with van der Waals surface area (Å²) in [6, 6.07) is 7.22. The molecule has 1 aliphatic rings. The van der Waals surface area contributed by atoms with Crippen LogP contribution in [0.1, 0.15) is 31.2 Å². The molecule has 1 N–H and O–H groups in total. The summed E-state index contributed by atoms with van der Waals surface area (Å²) in [5, 5.41) is 12.2. The molecule has 3 amide bonds. The Morgan fingerprint density at radius 1 is 1.30 bits per heavy atom. The molecule has 0 saturated carbocycles. The van der Waals surface area contributed by atoms with Gasteiger partial charge in [0.1, 0.15) is 10.8 Å². The van der Waals surface area contributed by atoms with Crippen LogP contribution in [0.25, 0.3) is 0 Å². The number of aromatic nitrogens is 2. The molecule has 1 aromatic carbocycles. The average molecular weight is 389 g/mol. The van der Waals surface area contributed by atoms with Crippen molar-refractivity contribution in [2.45, 2.75) is 26.2 Å². The highest BCUT2D eigenvalue weighted by Gasteiger charge is 2.34. The van der Waals surface area contributed by atoms with Gasteiger partial charge in [0.05, 0.1) is 7.11 Å². The second-order valence-corrected chi connectivity index (χ2v) is 7.16. The van der Waals surface area contributed by atoms with E-state index in [-0.39, 0.29) is 17.9 Å². The van der Waals surface area contributed by atoms with Gasteiger partial charge in [-0.3, -0.25) is 10.1 Å². The van der Waals surface area contributed by atoms with Crippen molar-refractivity contribution in [3.05, 3.63) is 29.3 Å². The number of amides is 3. The van der Waals surface area contributed by atoms with Crippen LogP contribution in [0.2, 0.25) is 0 Å². The van der Waals surface area contributed by atoms with Crippen LogP contribution in [0.15, 0.2) is 24.3 Å². The molecule has 0 bridgehead atoms. The zero-order chi connectivity index (χ0) is 19.4. The summed E-state index contributed by atoms with van der Waals surface area (Å²) in [5.74, 6) is 0.768. The Bertz CT molecular complexity index is 804. The molecule has 1 fully saturated rings. The molecule has 144 valence electrons. The first-order valence-corrected chi connectivity index (χ1v) is 9.71. The number of hydrogen-bond donors (Lipinski definition) is 1. The number of carbonyl (C=O) groups is 2. The summed E-state index contributed by atoms with van der Waals surface area (Å²) in [4.78, 5) is 28.0. The van der Waals surface area contributed by atoms with E-state index in [9.17, 15) is 9.59 Å². The maximum absolute atomic E-state index is 12.4. The molecule has 2 heterocycles. The summed E-state index contributed by atoms with van der Waals surface area (Å²) in [5.41, 5.74) is 0.836. The normalized spacial score (nSPS) is 16.5. The molecule has 1 saturated heterocycles. The summed E-state index contributed by atoms with van der Waals surface area (Å²) in [7, 11) is 1.61. The van der Waals surface area contributed by atoms with Crippen LogP contribution in [0, 0.1) is 0 Å². The Morgan fingerprint density at radius 2 is 2.00 bits per heavy atom. The van der Waals surface area contributed by atoms with Gasteiger partial charge < -0.3 is 14.5 Å². The zero-order valence-electron chi connectivity index (χ0n) is 15.6. The fourth-order valence-corrected chi connectivity index (χ4v) is 3.84. The largest absolute Gasteiger partial charge is 0.497 e. The highest BCUT2D eigenvalue weighted by Crippen LogP contribution is 2.34. The third kappa shape index (κ3) is 4.19. The lowest BCUT2D eigenvalue weighted by Gasteiger charge is -2.17. The fourth-order valence-electron chi connectivity index (χ4n) is 3.02. The lowest BCUT2D eigenvalue weighted by atomic mass is 10.1. The first-order chi connectivity index (χ1) is 13.0. The number of rotatable bonds is 6. The van der Waals surface area contributed by atoms with E-state index in [4.69, 9.17) is 4.74 Å². The maximum Gasteiger partial charge on any atom is 0.323 e. The number of anilines is 2. The number of hydrogen-bond acceptors (Lipinski definition) is 6. The summed E-state index contributed by atoms with van der Waals surface area (Å²) in [6.45, 7) is 5.65. The second-order valence-electron chi connectivity index (χ2n) is 6.15. The number of benzene rings is 1. The molecule has 8 nitrogen and oxygen atoms in total. The van der Waals surface area contributed by atoms with E-state index in [1.807, 2.05) is 38.1 Å². The van der Waals surface area contributed by atoms with E-state index < -0.39 is 0 Å². The van der Waals surface area contributed by atoms with Crippen molar-refractivity contribution in [2.75, 3.05) is 37.0 Å². The molecule has 0 spiro atoms. The van der Waals surface area contributed by atoms with E-state index >= 15 is 0 Å². The van der Waals surface area contributed by atoms with Gasteiger partial charge in [-0.15, -0.1) is 10.2 Å². The highest BCUT2D eigenvalue weighted by atomic mass is 32.1. The Hall–Kier alpha value is -2.68. The minimum atomic E-state index is -0.190. The Kier molecular flexibility index (Phi) is 5.90. The molecule has 9 heteroatoms. The van der Waals surface area contributed by atoms with Crippen LogP contribution >= 0.6 is 11.3 Å². The Labute approximate surface area is 162 Å². The minimum Gasteiger partial charge on any atom is -0.497 e. The van der Waals surface area contributed by atoms with Gasteiger partial charge in [0.15, 0.2) is 0 Å². The number of nitrogens with one attached hydrogen (secondary N) is 1. The van der Waals surface area contributed by atoms with Crippen LogP contribution in [-0.2, 0) is 4.79 Å². The molecule has 1 aliphatic heterocycles. The lowest BCUT2D eigenvalue weighted by Crippen LogP contribution is -2.34. The van der Waals surface area contributed by atoms with E-state index in [1.54, 1.807) is 16.9 Å². The van der Waals surface area contributed by atoms with Crippen LogP contribution in [0.4, 0.5) is 15.6 Å². The fraction of sp³-hybridized carbons (Fsp3) is 0.444. The van der Waals surface area contributed by atoms with Crippen LogP contribution in [0.3, 0.4) is 0 Å². The first kappa shape index (κ1) is 19.1. The number of urea groups is 1. The molecule has 2 aromatic rings. The number of nitrogens with zero attached hydrogens (tertiary/aromatic N) is 4. The highest BCUT2D eigenvalue weighted by molar-refractivity contribution is 7.15. The predicted octanol–water partition coefficient (Wildman–Crippen LogP) is 2.94. The molecule has 1 atom stereocenters. The number of methoxy groups -OCH3 is 1. The van der Waals surface area contributed by atoms with Crippen molar-refractivity contribution < 1.29 is 14.3 Å². The van der Waals surface area contributed by atoms with Crippen LogP contribution in [0.5, 0.6) is 5.75 Å². The van der Waals surface area contributed by atoms with Gasteiger partial charge in [-0.05, 0) is 38.1 Å². The van der Waals surface area contributed by atoms with E-state index in [2.05, 4.69) is 15.5 Å². The van der Waals surface area contributed by atoms with Crippen LogP contribution in [-0.4, -0.2) is 53.8 Å². The SMILES string of the molecule is CCN(CC)C(=O)Nc1nnc(C2CC(=O)N(c3ccc(OC)cc3)C2)s1. The van der Waals surface area contributed by atoms with Crippen molar-refractivity contribution >= 4 is 34.1 Å². The monoisotopic (exact) mass is 389 g/mol. The van der Waals surface area contributed by atoms with Gasteiger partial charge >= 0.3 is 6.03 Å². The summed E-state index contributed by atoms with van der Waals surface area (Å²) < 4.78 is 5.16. The van der Waals surface area contributed by atoms with Crippen molar-refractivity contribution in [3.63, 3.8) is 0 Å². The predicted molar refractivity (Wildman–Crippen MR) is 105 cm³/mol. The second kappa shape index (κ2) is 8.34. The molecule has 27 heavy (non-hydrogen) atoms. The van der Waals surface area contributed by atoms with E-state index in [0.29, 0.717) is 31.2 Å². The van der Waals surface area contributed by atoms with E-state index in [1.165, 1.54) is 11.3 Å². The van der Waals surface area contributed by atoms with E-state index in [0.717, 1.165) is 16.4 Å². The third-order valence-electron chi connectivity index (χ3n) is 4.56. The molecule has 3 rings (SSSR count). The Morgan fingerprint density at radius 3 is 2.63 bits per heavy atom. The molecule has 1 unspecified atom stereocenters. The first-order valence-electron chi connectivity index (χ1n) is 8.89. The maximum atomic E-state index is 12.4. The molecular weight excluding hydrogens is 366 g/mol.